The quantitative estimate of drug-likeness (QED) is 0.275. The van der Waals surface area contributed by atoms with Crippen LogP contribution >= 0.6 is 0 Å². The molecule has 35 heavy (non-hydrogen) atoms. The smallest absolute Gasteiger partial charge is 0.858 e. The normalized spacial score (nSPS) is 14.1. The van der Waals surface area contributed by atoms with Gasteiger partial charge in [0.1, 0.15) is 0 Å². The Morgan fingerprint density at radius 3 is 2.14 bits per heavy atom. The number of rotatable bonds is 5. The summed E-state index contributed by atoms with van der Waals surface area (Å²) in [4.78, 5) is 14.9. The van der Waals surface area contributed by atoms with Crippen LogP contribution in [-0.2, 0) is 31.6 Å². The molecular weight excluding hydrogens is 533 g/mol. The number of para-hydroxylation sites is 1. The molecule has 3 aromatic carbocycles. The molecule has 0 bridgehead atoms. The largest absolute Gasteiger partial charge is 2.00 e. The van der Waals surface area contributed by atoms with Crippen molar-refractivity contribution in [1.82, 2.24) is 5.01 Å². The third-order valence-electron chi connectivity index (χ3n) is 5.25. The monoisotopic (exact) mass is 555 g/mol. The summed E-state index contributed by atoms with van der Waals surface area (Å²) in [5.41, 5.74) is 3.64. The van der Waals surface area contributed by atoms with Crippen LogP contribution in [0.25, 0.3) is 6.08 Å². The number of anilines is 1. The molecule has 0 saturated heterocycles. The van der Waals surface area contributed by atoms with Gasteiger partial charge in [0.05, 0.1) is 17.7 Å². The van der Waals surface area contributed by atoms with Crippen molar-refractivity contribution in [3.63, 3.8) is 0 Å². The molecule has 178 valence electrons. The minimum atomic E-state index is -1.35. The zero-order chi connectivity index (χ0) is 23.8. The van der Waals surface area contributed by atoms with Crippen molar-refractivity contribution in [2.24, 2.45) is 4.99 Å². The summed E-state index contributed by atoms with van der Waals surface area (Å²) < 4.78 is 0. The van der Waals surface area contributed by atoms with Crippen LogP contribution in [0.1, 0.15) is 16.7 Å². The van der Waals surface area contributed by atoms with Gasteiger partial charge < -0.3 is 15.0 Å². The fourth-order valence-electron chi connectivity index (χ4n) is 3.55. The third kappa shape index (κ3) is 6.80. The van der Waals surface area contributed by atoms with Crippen LogP contribution in [0.2, 0.25) is 0 Å². The molecule has 2 aliphatic heterocycles. The van der Waals surface area contributed by atoms with E-state index in [1.54, 1.807) is 54.6 Å². The number of carbonyl (C=O) groups excluding carboxylic acids is 1. The molecule has 0 fully saturated rings. The van der Waals surface area contributed by atoms with Crippen molar-refractivity contribution >= 4 is 23.6 Å². The minimum Gasteiger partial charge on any atom is -0.858 e. The van der Waals surface area contributed by atoms with Gasteiger partial charge in [-0.05, 0) is 41.3 Å². The van der Waals surface area contributed by atoms with Gasteiger partial charge in [-0.15, -0.1) is 0 Å². The number of allylic oxidation sites excluding steroid dienone is 2. The molecular formula is C28H23N3O3Pd. The van der Waals surface area contributed by atoms with Crippen LogP contribution in [0.4, 0.5) is 5.69 Å². The zero-order valence-corrected chi connectivity index (χ0v) is 20.3. The van der Waals surface area contributed by atoms with Crippen molar-refractivity contribution in [2.75, 3.05) is 5.01 Å². The average Bonchev–Trinajstić information content (AvgIpc) is 2.89. The Labute approximate surface area is 218 Å². The SMILES string of the molecule is C1=CN2C=Cc3ccccc3N2C=C1.O=C([O-])C(Cc1ccccc1)N=C([O-])c1ccccc1.[Pd+2]. The van der Waals surface area contributed by atoms with Crippen molar-refractivity contribution in [2.45, 2.75) is 12.5 Å². The maximum Gasteiger partial charge on any atom is 2.00 e. The van der Waals surface area contributed by atoms with Crippen LogP contribution in [-0.4, -0.2) is 22.9 Å². The van der Waals surface area contributed by atoms with E-state index in [2.05, 4.69) is 57.8 Å². The summed E-state index contributed by atoms with van der Waals surface area (Å²) in [5.74, 6) is -1.89. The number of hydrazine groups is 1. The standard InChI is InChI=1S/C16H15NO3.C12H10N2.Pd/c18-15(13-9-5-2-6-10-13)17-14(16(19)20)11-12-7-3-1-4-8-12;1-2-6-12-11(5-1)7-10-13-8-3-4-9-14(12)13;/h1-10,14H,11H2,(H,17,18)(H,19,20);1-10H;/q;;+2/p-2. The van der Waals surface area contributed by atoms with Gasteiger partial charge in [0.25, 0.3) is 0 Å². The Bertz CT molecular complexity index is 1240. The summed E-state index contributed by atoms with van der Waals surface area (Å²) in [5, 5.41) is 27.2. The van der Waals surface area contributed by atoms with E-state index in [0.29, 0.717) is 5.56 Å². The van der Waals surface area contributed by atoms with E-state index >= 15 is 0 Å². The number of hydrogen-bond acceptors (Lipinski definition) is 6. The molecule has 0 spiro atoms. The van der Waals surface area contributed by atoms with Gasteiger partial charge in [-0.25, -0.2) is 0 Å². The fraction of sp³-hybridized carbons (Fsp3) is 0.0714. The van der Waals surface area contributed by atoms with Gasteiger partial charge in [-0.1, -0.05) is 78.9 Å². The Morgan fingerprint density at radius 1 is 0.800 bits per heavy atom. The minimum absolute atomic E-state index is 0. The first kappa shape index (κ1) is 25.7. The topological polar surface area (TPSA) is 82.0 Å². The number of benzene rings is 3. The van der Waals surface area contributed by atoms with E-state index in [1.807, 2.05) is 24.4 Å². The third-order valence-corrected chi connectivity index (χ3v) is 5.25. The number of carboxylic acids is 1. The Balaban J connectivity index is 0.000000200. The Kier molecular flexibility index (Phi) is 9.19. The average molecular weight is 556 g/mol. The Hall–Kier alpha value is -3.92. The number of hydrogen-bond donors (Lipinski definition) is 0. The molecule has 0 aromatic heterocycles. The first-order valence-electron chi connectivity index (χ1n) is 10.9. The number of carboxylic acid groups (broad SMARTS) is 1. The first-order chi connectivity index (χ1) is 16.6. The molecule has 1 unspecified atom stereocenters. The number of aliphatic carboxylic acids is 1. The predicted molar refractivity (Wildman–Crippen MR) is 130 cm³/mol. The number of fused-ring (bicyclic) bond motifs is 3. The Morgan fingerprint density at radius 2 is 1.43 bits per heavy atom. The molecule has 6 nitrogen and oxygen atoms in total. The maximum absolute atomic E-state index is 11.9. The van der Waals surface area contributed by atoms with Gasteiger partial charge >= 0.3 is 20.4 Å². The van der Waals surface area contributed by atoms with Gasteiger partial charge in [0.2, 0.25) is 0 Å². The van der Waals surface area contributed by atoms with Crippen molar-refractivity contribution in [3.05, 3.63) is 132 Å². The molecule has 0 saturated carbocycles. The molecule has 0 aliphatic carbocycles. The van der Waals surface area contributed by atoms with E-state index in [1.165, 1.54) is 11.3 Å². The summed E-state index contributed by atoms with van der Waals surface area (Å²) >= 11 is 0. The van der Waals surface area contributed by atoms with Crippen LogP contribution in [0.5, 0.6) is 0 Å². The number of nitrogens with zero attached hydrogens (tertiary/aromatic N) is 3. The summed E-state index contributed by atoms with van der Waals surface area (Å²) in [6.45, 7) is 0. The van der Waals surface area contributed by atoms with Crippen LogP contribution in [0, 0.1) is 0 Å². The van der Waals surface area contributed by atoms with Gasteiger partial charge in [-0.3, -0.25) is 15.0 Å². The number of carbonyl (C=O) groups is 1. The predicted octanol–water partition coefficient (Wildman–Crippen LogP) is 2.89. The van der Waals surface area contributed by atoms with E-state index in [0.717, 1.165) is 5.56 Å². The summed E-state index contributed by atoms with van der Waals surface area (Å²) in [6, 6.07) is 24.6. The van der Waals surface area contributed by atoms with Crippen LogP contribution in [0.15, 0.2) is 121 Å². The van der Waals surface area contributed by atoms with Gasteiger partial charge in [0, 0.05) is 30.6 Å². The van der Waals surface area contributed by atoms with Crippen molar-refractivity contribution in [1.29, 1.82) is 0 Å². The maximum atomic E-state index is 11.9. The second kappa shape index (κ2) is 12.5. The molecule has 3 aromatic rings. The first-order valence-corrected chi connectivity index (χ1v) is 10.9. The van der Waals surface area contributed by atoms with E-state index in [-0.39, 0.29) is 26.8 Å². The molecule has 2 heterocycles. The molecule has 5 rings (SSSR count). The summed E-state index contributed by atoms with van der Waals surface area (Å²) in [7, 11) is 0. The van der Waals surface area contributed by atoms with Gasteiger partial charge in [-0.2, -0.15) is 0 Å². The van der Waals surface area contributed by atoms with E-state index < -0.39 is 17.9 Å². The van der Waals surface area contributed by atoms with Crippen molar-refractivity contribution < 1.29 is 35.4 Å². The second-order valence-corrected chi connectivity index (χ2v) is 7.61. The molecule has 1 atom stereocenters. The molecule has 0 N–H and O–H groups in total. The van der Waals surface area contributed by atoms with Gasteiger partial charge in [0.15, 0.2) is 0 Å². The molecule has 0 amide bonds. The van der Waals surface area contributed by atoms with Crippen LogP contribution in [0.3, 0.4) is 0 Å². The van der Waals surface area contributed by atoms with E-state index in [9.17, 15) is 15.0 Å². The fourth-order valence-corrected chi connectivity index (χ4v) is 3.55. The summed E-state index contributed by atoms with van der Waals surface area (Å²) in [6.07, 6.45) is 12.5. The number of aliphatic imine (C=N–C) groups is 1. The van der Waals surface area contributed by atoms with Crippen molar-refractivity contribution in [3.8, 4) is 0 Å². The van der Waals surface area contributed by atoms with Crippen LogP contribution < -0.4 is 15.2 Å². The van der Waals surface area contributed by atoms with E-state index in [4.69, 9.17) is 0 Å². The molecule has 0 radical (unpaired) electrons. The second-order valence-electron chi connectivity index (χ2n) is 7.61. The molecule has 2 aliphatic rings. The zero-order valence-electron chi connectivity index (χ0n) is 18.7. The molecule has 7 heteroatoms.